The molecule has 0 aliphatic heterocycles. The molecule has 6 heteroatoms. The van der Waals surface area contributed by atoms with Crippen molar-refractivity contribution in [2.75, 3.05) is 23.0 Å². The molecule has 4 aromatic carbocycles. The van der Waals surface area contributed by atoms with Gasteiger partial charge in [0, 0.05) is 23.5 Å². The van der Waals surface area contributed by atoms with Gasteiger partial charge in [-0.2, -0.15) is 0 Å². The molecule has 0 aliphatic carbocycles. The minimum Gasteiger partial charge on any atom is -0.494 e. The van der Waals surface area contributed by atoms with Crippen LogP contribution in [0.5, 0.6) is 11.5 Å². The van der Waals surface area contributed by atoms with Crippen molar-refractivity contribution in [2.24, 2.45) is 0 Å². The second kappa shape index (κ2) is 14.4. The second-order valence-electron chi connectivity index (χ2n) is 9.01. The molecule has 0 saturated heterocycles. The van der Waals surface area contributed by atoms with Crippen LogP contribution in [-0.2, 0) is 22.7 Å². The largest absolute Gasteiger partial charge is 0.494 e. The molecule has 0 aromatic heterocycles. The third kappa shape index (κ3) is 7.84. The van der Waals surface area contributed by atoms with Crippen LogP contribution in [0, 0.1) is 0 Å². The Balaban J connectivity index is 1.58. The topological polar surface area (TPSA) is 59.1 Å². The number of ether oxygens (including phenoxy) is 2. The van der Waals surface area contributed by atoms with E-state index in [2.05, 4.69) is 0 Å². The fourth-order valence-electron chi connectivity index (χ4n) is 4.23. The van der Waals surface area contributed by atoms with Crippen molar-refractivity contribution in [1.82, 2.24) is 0 Å². The van der Waals surface area contributed by atoms with Crippen molar-refractivity contribution >= 4 is 23.2 Å². The maximum Gasteiger partial charge on any atom is 0.251 e. The monoisotopic (exact) mass is 534 g/mol. The number of carbonyl (C=O) groups excluding carboxylic acids is 2. The standard InChI is InChI=1S/C34H34N2O4/c1-3-39-31-19-15-29(16-20-31)35(25-27-11-7-5-8-12-27)33(37)23-24-34(38)36(26-28-13-9-6-10-14-28)30-17-21-32(22-18-30)40-4-2/h5-24H,3-4,25-26H2,1-2H3/b24-23+. The van der Waals surface area contributed by atoms with Crippen LogP contribution in [0.2, 0.25) is 0 Å². The molecule has 4 aromatic rings. The molecule has 2 amide bonds. The van der Waals surface area contributed by atoms with E-state index in [9.17, 15) is 9.59 Å². The number of hydrogen-bond donors (Lipinski definition) is 0. The van der Waals surface area contributed by atoms with Gasteiger partial charge in [0.05, 0.1) is 26.3 Å². The minimum absolute atomic E-state index is 0.298. The summed E-state index contributed by atoms with van der Waals surface area (Å²) in [5.41, 5.74) is 3.37. The van der Waals surface area contributed by atoms with Gasteiger partial charge in [-0.1, -0.05) is 60.7 Å². The van der Waals surface area contributed by atoms with E-state index in [-0.39, 0.29) is 11.8 Å². The fraction of sp³-hybridized carbons (Fsp3) is 0.176. The smallest absolute Gasteiger partial charge is 0.251 e. The molecular formula is C34H34N2O4. The van der Waals surface area contributed by atoms with E-state index < -0.39 is 0 Å². The Morgan fingerprint density at radius 1 is 0.550 bits per heavy atom. The highest BCUT2D eigenvalue weighted by Crippen LogP contribution is 2.24. The zero-order valence-corrected chi connectivity index (χ0v) is 22.9. The number of rotatable bonds is 12. The van der Waals surface area contributed by atoms with E-state index in [0.29, 0.717) is 37.7 Å². The summed E-state index contributed by atoms with van der Waals surface area (Å²) in [5, 5.41) is 0. The molecular weight excluding hydrogens is 500 g/mol. The van der Waals surface area contributed by atoms with Gasteiger partial charge in [-0.3, -0.25) is 9.59 Å². The number of nitrogens with zero attached hydrogens (tertiary/aromatic N) is 2. The maximum atomic E-state index is 13.5. The van der Waals surface area contributed by atoms with E-state index in [1.54, 1.807) is 9.80 Å². The SMILES string of the molecule is CCOc1ccc(N(Cc2ccccc2)C(=O)/C=C/C(=O)N(Cc2ccccc2)c2ccc(OCC)cc2)cc1. The first-order chi connectivity index (χ1) is 19.6. The van der Waals surface area contributed by atoms with Crippen molar-refractivity contribution in [3.63, 3.8) is 0 Å². The molecule has 40 heavy (non-hydrogen) atoms. The number of amides is 2. The van der Waals surface area contributed by atoms with E-state index >= 15 is 0 Å². The third-order valence-electron chi connectivity index (χ3n) is 6.19. The first-order valence-corrected chi connectivity index (χ1v) is 13.4. The van der Waals surface area contributed by atoms with Gasteiger partial charge < -0.3 is 19.3 Å². The van der Waals surface area contributed by atoms with Crippen molar-refractivity contribution < 1.29 is 19.1 Å². The van der Waals surface area contributed by atoms with Crippen LogP contribution in [0.15, 0.2) is 121 Å². The number of hydrogen-bond acceptors (Lipinski definition) is 4. The molecule has 6 nitrogen and oxygen atoms in total. The molecule has 0 unspecified atom stereocenters. The van der Waals surface area contributed by atoms with Gasteiger partial charge in [0.1, 0.15) is 11.5 Å². The van der Waals surface area contributed by atoms with Gasteiger partial charge in [-0.15, -0.1) is 0 Å². The maximum absolute atomic E-state index is 13.5. The average Bonchev–Trinajstić information content (AvgIpc) is 3.00. The van der Waals surface area contributed by atoms with E-state index in [0.717, 1.165) is 22.6 Å². The molecule has 204 valence electrons. The van der Waals surface area contributed by atoms with Crippen LogP contribution in [0.1, 0.15) is 25.0 Å². The van der Waals surface area contributed by atoms with Crippen LogP contribution >= 0.6 is 0 Å². The van der Waals surface area contributed by atoms with Crippen LogP contribution in [-0.4, -0.2) is 25.0 Å². The summed E-state index contributed by atoms with van der Waals surface area (Å²) in [4.78, 5) is 30.3. The molecule has 0 radical (unpaired) electrons. The van der Waals surface area contributed by atoms with Crippen LogP contribution in [0.3, 0.4) is 0 Å². The lowest BCUT2D eigenvalue weighted by atomic mass is 10.1. The summed E-state index contributed by atoms with van der Waals surface area (Å²) in [7, 11) is 0. The molecule has 0 atom stereocenters. The van der Waals surface area contributed by atoms with Gasteiger partial charge in [0.2, 0.25) is 0 Å². The van der Waals surface area contributed by atoms with Crippen molar-refractivity contribution in [3.05, 3.63) is 132 Å². The quantitative estimate of drug-likeness (QED) is 0.187. The normalized spacial score (nSPS) is 10.8. The lowest BCUT2D eigenvalue weighted by molar-refractivity contribution is -0.116. The highest BCUT2D eigenvalue weighted by Gasteiger charge is 2.18. The minimum atomic E-state index is -0.298. The van der Waals surface area contributed by atoms with Crippen LogP contribution in [0.25, 0.3) is 0 Å². The second-order valence-corrected chi connectivity index (χ2v) is 9.01. The van der Waals surface area contributed by atoms with Crippen LogP contribution < -0.4 is 19.3 Å². The third-order valence-corrected chi connectivity index (χ3v) is 6.19. The Morgan fingerprint density at radius 3 is 1.23 bits per heavy atom. The Labute approximate surface area is 236 Å². The van der Waals surface area contributed by atoms with Crippen LogP contribution in [0.4, 0.5) is 11.4 Å². The number of anilines is 2. The van der Waals surface area contributed by atoms with Gasteiger partial charge in [-0.25, -0.2) is 0 Å². The fourth-order valence-corrected chi connectivity index (χ4v) is 4.23. The van der Waals surface area contributed by atoms with E-state index in [1.807, 2.05) is 123 Å². The Kier molecular flexibility index (Phi) is 10.1. The predicted molar refractivity (Wildman–Crippen MR) is 160 cm³/mol. The van der Waals surface area contributed by atoms with E-state index in [1.165, 1.54) is 12.2 Å². The molecule has 0 spiro atoms. The van der Waals surface area contributed by atoms with Crippen molar-refractivity contribution in [3.8, 4) is 11.5 Å². The van der Waals surface area contributed by atoms with E-state index in [4.69, 9.17) is 9.47 Å². The molecule has 0 fully saturated rings. The Hall–Kier alpha value is -4.84. The van der Waals surface area contributed by atoms with Gasteiger partial charge in [-0.05, 0) is 73.5 Å². The lowest BCUT2D eigenvalue weighted by Gasteiger charge is -2.23. The molecule has 4 rings (SSSR count). The molecule has 0 saturated carbocycles. The van der Waals surface area contributed by atoms with Gasteiger partial charge in [0.15, 0.2) is 0 Å². The highest BCUT2D eigenvalue weighted by atomic mass is 16.5. The first kappa shape index (κ1) is 28.2. The highest BCUT2D eigenvalue weighted by molar-refractivity contribution is 6.08. The lowest BCUT2D eigenvalue weighted by Crippen LogP contribution is -2.31. The number of carbonyl (C=O) groups is 2. The predicted octanol–water partition coefficient (Wildman–Crippen LogP) is 6.81. The Bertz CT molecular complexity index is 1280. The summed E-state index contributed by atoms with van der Waals surface area (Å²) in [6.45, 7) is 5.69. The molecule has 0 bridgehead atoms. The summed E-state index contributed by atoms with van der Waals surface area (Å²) in [6.07, 6.45) is 2.68. The zero-order valence-electron chi connectivity index (χ0n) is 22.9. The summed E-state index contributed by atoms with van der Waals surface area (Å²) < 4.78 is 11.1. The van der Waals surface area contributed by atoms with Gasteiger partial charge in [0.25, 0.3) is 11.8 Å². The summed E-state index contributed by atoms with van der Waals surface area (Å²) in [5.74, 6) is 0.868. The van der Waals surface area contributed by atoms with Gasteiger partial charge >= 0.3 is 0 Å². The Morgan fingerprint density at radius 2 is 0.900 bits per heavy atom. The molecule has 0 N–H and O–H groups in total. The van der Waals surface area contributed by atoms with Crippen molar-refractivity contribution in [2.45, 2.75) is 26.9 Å². The molecule has 0 aliphatic rings. The molecule has 0 heterocycles. The zero-order chi connectivity index (χ0) is 28.2. The van der Waals surface area contributed by atoms with Crippen molar-refractivity contribution in [1.29, 1.82) is 0 Å². The average molecular weight is 535 g/mol. The summed E-state index contributed by atoms with van der Waals surface area (Å²) >= 11 is 0. The number of benzene rings is 4. The summed E-state index contributed by atoms with van der Waals surface area (Å²) in [6, 6.07) is 34.3. The first-order valence-electron chi connectivity index (χ1n) is 13.4.